The molecule has 2 aromatic rings. The molecule has 4 rings (SSSR count). The lowest BCUT2D eigenvalue weighted by atomic mass is 9.78. The van der Waals surface area contributed by atoms with E-state index in [-0.39, 0.29) is 18.1 Å². The normalized spacial score (nSPS) is 25.2. The topological polar surface area (TPSA) is 104 Å². The van der Waals surface area contributed by atoms with Gasteiger partial charge in [0.05, 0.1) is 11.8 Å². The molecule has 1 aliphatic carbocycles. The van der Waals surface area contributed by atoms with Crippen molar-refractivity contribution in [1.82, 2.24) is 24.9 Å². The number of carbonyl (C=O) groups excluding carboxylic acids is 1. The second kappa shape index (κ2) is 7.24. The van der Waals surface area contributed by atoms with Gasteiger partial charge in [0.25, 0.3) is 5.91 Å². The highest BCUT2D eigenvalue weighted by Gasteiger charge is 2.34. The van der Waals surface area contributed by atoms with Crippen molar-refractivity contribution >= 4 is 23.3 Å². The Morgan fingerprint density at radius 3 is 3.00 bits per heavy atom. The maximum atomic E-state index is 12.4. The molecular formula is C17H22N6O2S. The van der Waals surface area contributed by atoms with Crippen molar-refractivity contribution in [2.45, 2.75) is 50.7 Å². The van der Waals surface area contributed by atoms with Gasteiger partial charge in [-0.05, 0) is 37.2 Å². The smallest absolute Gasteiger partial charge is 0.265 e. The van der Waals surface area contributed by atoms with Crippen LogP contribution >= 0.6 is 11.5 Å². The second-order valence-corrected chi connectivity index (χ2v) is 7.68. The molecule has 26 heavy (non-hydrogen) atoms. The number of nitrogens with zero attached hydrogens (tertiary/aromatic N) is 5. The molecule has 0 bridgehead atoms. The summed E-state index contributed by atoms with van der Waals surface area (Å²) in [4.78, 5) is 23.8. The first-order chi connectivity index (χ1) is 12.6. The van der Waals surface area contributed by atoms with Crippen molar-refractivity contribution in [3.63, 3.8) is 0 Å². The molecule has 9 heteroatoms. The number of amides is 1. The monoisotopic (exact) mass is 374 g/mol. The zero-order valence-electron chi connectivity index (χ0n) is 14.6. The first-order valence-corrected chi connectivity index (χ1v) is 9.78. The summed E-state index contributed by atoms with van der Waals surface area (Å²) >= 11 is 1.15. The molecule has 2 fully saturated rings. The van der Waals surface area contributed by atoms with Crippen LogP contribution in [-0.2, 0) is 6.42 Å². The molecule has 1 amide bonds. The van der Waals surface area contributed by atoms with Crippen LogP contribution in [0.4, 0.5) is 5.82 Å². The van der Waals surface area contributed by atoms with Gasteiger partial charge in [-0.15, -0.1) is 5.10 Å². The maximum absolute atomic E-state index is 12.4. The summed E-state index contributed by atoms with van der Waals surface area (Å²) < 4.78 is 3.87. The summed E-state index contributed by atoms with van der Waals surface area (Å²) in [6.45, 7) is 3.42. The number of aryl methyl sites for hydroxylation is 1. The number of aliphatic hydroxyl groups excluding tert-OH is 1. The van der Waals surface area contributed by atoms with Gasteiger partial charge < -0.3 is 15.3 Å². The van der Waals surface area contributed by atoms with E-state index in [1.807, 2.05) is 13.0 Å². The van der Waals surface area contributed by atoms with Crippen LogP contribution in [0.25, 0.3) is 0 Å². The van der Waals surface area contributed by atoms with Gasteiger partial charge in [0, 0.05) is 36.8 Å². The molecule has 0 unspecified atom stereocenters. The molecule has 1 aliphatic heterocycles. The fraction of sp³-hybridized carbons (Fsp3) is 0.588. The van der Waals surface area contributed by atoms with E-state index in [2.05, 4.69) is 29.8 Å². The average Bonchev–Trinajstić information content (AvgIpc) is 3.26. The fourth-order valence-corrected chi connectivity index (χ4v) is 4.20. The molecule has 2 aliphatic rings. The van der Waals surface area contributed by atoms with E-state index in [0.717, 1.165) is 54.5 Å². The Labute approximate surface area is 155 Å². The van der Waals surface area contributed by atoms with Crippen molar-refractivity contribution in [3.8, 4) is 0 Å². The van der Waals surface area contributed by atoms with Crippen LogP contribution in [-0.4, -0.2) is 55.8 Å². The number of aromatic nitrogens is 4. The molecule has 3 heterocycles. The summed E-state index contributed by atoms with van der Waals surface area (Å²) in [5, 5.41) is 16.8. The summed E-state index contributed by atoms with van der Waals surface area (Å²) in [5.74, 6) is 1.14. The average molecular weight is 374 g/mol. The number of carbonyl (C=O) groups is 1. The van der Waals surface area contributed by atoms with Crippen molar-refractivity contribution in [1.29, 1.82) is 0 Å². The highest BCUT2D eigenvalue weighted by Crippen LogP contribution is 2.37. The third kappa shape index (κ3) is 3.41. The minimum absolute atomic E-state index is 0.0743. The molecule has 0 spiro atoms. The molecule has 1 atom stereocenters. The van der Waals surface area contributed by atoms with Gasteiger partial charge in [-0.3, -0.25) is 4.79 Å². The van der Waals surface area contributed by atoms with E-state index in [9.17, 15) is 9.90 Å². The van der Waals surface area contributed by atoms with Gasteiger partial charge >= 0.3 is 0 Å². The van der Waals surface area contributed by atoms with Gasteiger partial charge in [0.1, 0.15) is 17.0 Å². The van der Waals surface area contributed by atoms with Gasteiger partial charge in [0.15, 0.2) is 0 Å². The Kier molecular flexibility index (Phi) is 4.82. The number of β-amino-alcohol motifs (C(OH)–C–C–N with tert-alkyl or cyclic N) is 1. The van der Waals surface area contributed by atoms with Gasteiger partial charge in [0.2, 0.25) is 0 Å². The second-order valence-electron chi connectivity index (χ2n) is 6.93. The predicted molar refractivity (Wildman–Crippen MR) is 97.4 cm³/mol. The molecule has 138 valence electrons. The van der Waals surface area contributed by atoms with E-state index >= 15 is 0 Å². The van der Waals surface area contributed by atoms with Crippen LogP contribution in [0.15, 0.2) is 12.4 Å². The quantitative estimate of drug-likeness (QED) is 0.808. The highest BCUT2D eigenvalue weighted by atomic mass is 32.1. The fourth-order valence-electron chi connectivity index (χ4n) is 3.55. The third-order valence-electron chi connectivity index (χ3n) is 5.15. The zero-order chi connectivity index (χ0) is 18.1. The Balaban J connectivity index is 1.34. The molecule has 8 nitrogen and oxygen atoms in total. The Morgan fingerprint density at radius 2 is 2.27 bits per heavy atom. The van der Waals surface area contributed by atoms with Crippen molar-refractivity contribution in [2.75, 3.05) is 18.0 Å². The first-order valence-electron chi connectivity index (χ1n) is 9.01. The van der Waals surface area contributed by atoms with E-state index in [1.165, 1.54) is 0 Å². The molecule has 0 aromatic carbocycles. The molecule has 0 radical (unpaired) electrons. The Bertz CT molecular complexity index is 791. The number of rotatable bonds is 5. The molecule has 2 aromatic heterocycles. The van der Waals surface area contributed by atoms with Crippen molar-refractivity contribution in [2.24, 2.45) is 0 Å². The van der Waals surface area contributed by atoms with Crippen LogP contribution in [0.5, 0.6) is 0 Å². The van der Waals surface area contributed by atoms with E-state index in [4.69, 9.17) is 0 Å². The summed E-state index contributed by atoms with van der Waals surface area (Å²) in [6.07, 6.45) is 4.56. The SMILES string of the molecule is CCc1nnsc1C(=O)NC1CC(c2cc(N3CC[C@H](O)C3)ncn2)C1. The molecule has 2 N–H and O–H groups in total. The standard InChI is InChI=1S/C17H22N6O2S/c1-2-13-16(26-22-21-13)17(25)20-11-5-10(6-11)14-7-15(19-9-18-14)23-4-3-12(24)8-23/h7,9-12,24H,2-6,8H2,1H3,(H,20,25)/t10?,11?,12-/m0/s1. The molecular weight excluding hydrogens is 352 g/mol. The Hall–Kier alpha value is -2.13. The number of aliphatic hydroxyl groups is 1. The largest absolute Gasteiger partial charge is 0.391 e. The van der Waals surface area contributed by atoms with E-state index in [0.29, 0.717) is 23.8 Å². The summed E-state index contributed by atoms with van der Waals surface area (Å²) in [7, 11) is 0. The molecule has 1 saturated heterocycles. The van der Waals surface area contributed by atoms with Gasteiger partial charge in [-0.1, -0.05) is 11.4 Å². The summed E-state index contributed by atoms with van der Waals surface area (Å²) in [6, 6.07) is 2.18. The lowest BCUT2D eigenvalue weighted by molar-refractivity contribution is 0.0911. The van der Waals surface area contributed by atoms with E-state index < -0.39 is 0 Å². The third-order valence-corrected chi connectivity index (χ3v) is 5.92. The lowest BCUT2D eigenvalue weighted by Crippen LogP contribution is -2.43. The lowest BCUT2D eigenvalue weighted by Gasteiger charge is -2.35. The van der Waals surface area contributed by atoms with Crippen molar-refractivity contribution in [3.05, 3.63) is 28.7 Å². The number of nitrogens with one attached hydrogen (secondary N) is 1. The van der Waals surface area contributed by atoms with Crippen molar-refractivity contribution < 1.29 is 9.90 Å². The van der Waals surface area contributed by atoms with Crippen LogP contribution in [0.2, 0.25) is 0 Å². The number of hydrogen-bond acceptors (Lipinski definition) is 8. The van der Waals surface area contributed by atoms with Crippen LogP contribution in [0.1, 0.15) is 53.2 Å². The van der Waals surface area contributed by atoms with Gasteiger partial charge in [-0.25, -0.2) is 9.97 Å². The summed E-state index contributed by atoms with van der Waals surface area (Å²) in [5.41, 5.74) is 1.77. The highest BCUT2D eigenvalue weighted by molar-refractivity contribution is 7.08. The maximum Gasteiger partial charge on any atom is 0.265 e. The van der Waals surface area contributed by atoms with E-state index in [1.54, 1.807) is 6.33 Å². The van der Waals surface area contributed by atoms with Crippen LogP contribution in [0.3, 0.4) is 0 Å². The number of anilines is 1. The Morgan fingerprint density at radius 1 is 1.42 bits per heavy atom. The first kappa shape index (κ1) is 17.3. The minimum atomic E-state index is -0.272. The van der Waals surface area contributed by atoms with Crippen LogP contribution in [0, 0.1) is 0 Å². The minimum Gasteiger partial charge on any atom is -0.391 e. The number of hydrogen-bond donors (Lipinski definition) is 2. The predicted octanol–water partition coefficient (Wildman–Crippen LogP) is 1.14. The zero-order valence-corrected chi connectivity index (χ0v) is 15.4. The van der Waals surface area contributed by atoms with Gasteiger partial charge in [-0.2, -0.15) is 0 Å². The molecule has 1 saturated carbocycles. The van der Waals surface area contributed by atoms with Crippen LogP contribution < -0.4 is 10.2 Å².